The van der Waals surface area contributed by atoms with Crippen LogP contribution in [-0.4, -0.2) is 32.0 Å². The molecular formula is C19H23BN8O3S2. The van der Waals surface area contributed by atoms with Gasteiger partial charge in [-0.15, -0.1) is 22.7 Å². The van der Waals surface area contributed by atoms with Gasteiger partial charge in [0.15, 0.2) is 0 Å². The van der Waals surface area contributed by atoms with Crippen molar-refractivity contribution >= 4 is 41.4 Å². The lowest BCUT2D eigenvalue weighted by Crippen LogP contribution is -2.30. The minimum atomic E-state index is -0.706. The van der Waals surface area contributed by atoms with Crippen molar-refractivity contribution in [3.05, 3.63) is 58.8 Å². The minimum absolute atomic E-state index is 0.283. The quantitative estimate of drug-likeness (QED) is 0.182. The lowest BCUT2D eigenvalue weighted by molar-refractivity contribution is 0.0654. The fraction of sp³-hybridized carbons (Fsp3) is 0.158. The van der Waals surface area contributed by atoms with Crippen molar-refractivity contribution in [1.29, 1.82) is 0 Å². The molecule has 4 aromatic heterocycles. The molecule has 0 aromatic carbocycles. The van der Waals surface area contributed by atoms with Crippen LogP contribution in [0.2, 0.25) is 6.82 Å². The van der Waals surface area contributed by atoms with E-state index in [2.05, 4.69) is 30.2 Å². The van der Waals surface area contributed by atoms with Crippen molar-refractivity contribution in [3.8, 4) is 21.1 Å². The second kappa shape index (κ2) is 12.3. The summed E-state index contributed by atoms with van der Waals surface area (Å²) in [5.74, 6) is 6.00. The van der Waals surface area contributed by atoms with Gasteiger partial charge in [-0.25, -0.2) is 21.3 Å². The summed E-state index contributed by atoms with van der Waals surface area (Å²) in [6, 6.07) is 7.52. The summed E-state index contributed by atoms with van der Waals surface area (Å²) >= 11 is 2.97. The summed E-state index contributed by atoms with van der Waals surface area (Å²) in [7, 11) is -0.706. The van der Waals surface area contributed by atoms with E-state index in [1.54, 1.807) is 30.0 Å². The van der Waals surface area contributed by atoms with E-state index in [1.165, 1.54) is 22.7 Å². The summed E-state index contributed by atoms with van der Waals surface area (Å²) in [6.45, 7) is 2.16. The van der Waals surface area contributed by atoms with Crippen molar-refractivity contribution in [1.82, 2.24) is 25.3 Å². The fourth-order valence-corrected chi connectivity index (χ4v) is 3.83. The number of rotatable bonds is 8. The summed E-state index contributed by atoms with van der Waals surface area (Å²) < 4.78 is 0. The highest BCUT2D eigenvalue weighted by atomic mass is 32.1. The molecule has 4 rings (SSSR count). The van der Waals surface area contributed by atoms with Gasteiger partial charge < -0.3 is 21.3 Å². The van der Waals surface area contributed by atoms with Crippen LogP contribution in [0, 0.1) is 0 Å². The number of pyridine rings is 2. The maximum absolute atomic E-state index is 8.95. The first-order valence-electron chi connectivity index (χ1n) is 9.64. The number of nitrogens with two attached hydrogens (primary N) is 3. The van der Waals surface area contributed by atoms with Crippen molar-refractivity contribution in [2.75, 3.05) is 11.5 Å². The summed E-state index contributed by atoms with van der Waals surface area (Å²) in [4.78, 5) is 26.3. The van der Waals surface area contributed by atoms with Crippen molar-refractivity contribution in [2.45, 2.75) is 20.0 Å². The Morgan fingerprint density at radius 1 is 0.909 bits per heavy atom. The number of hydrogen-bond acceptors (Lipinski definition) is 13. The third kappa shape index (κ3) is 7.83. The van der Waals surface area contributed by atoms with Gasteiger partial charge in [-0.3, -0.25) is 14.8 Å². The first kappa shape index (κ1) is 24.7. The number of thiazole rings is 2. The second-order valence-electron chi connectivity index (χ2n) is 6.62. The molecule has 0 bridgehead atoms. The van der Waals surface area contributed by atoms with E-state index < -0.39 is 7.05 Å². The van der Waals surface area contributed by atoms with Crippen LogP contribution in [0.5, 0.6) is 0 Å². The molecule has 33 heavy (non-hydrogen) atoms. The van der Waals surface area contributed by atoms with Gasteiger partial charge in [0.1, 0.15) is 34.9 Å². The molecule has 0 atom stereocenters. The molecule has 4 aromatic rings. The Hall–Kier alpha value is -2.98. The molecule has 0 aliphatic carbocycles. The molecule has 0 spiro atoms. The van der Waals surface area contributed by atoms with E-state index in [0.29, 0.717) is 18.2 Å². The number of nitrogen functional groups attached to an aromatic ring is 2. The van der Waals surface area contributed by atoms with E-state index >= 15 is 0 Å². The summed E-state index contributed by atoms with van der Waals surface area (Å²) in [5, 5.41) is 16.7. The molecular weight excluding hydrogens is 463 g/mol. The highest BCUT2D eigenvalue weighted by Crippen LogP contribution is 2.24. The van der Waals surface area contributed by atoms with E-state index in [1.807, 2.05) is 24.3 Å². The predicted octanol–water partition coefficient (Wildman–Crippen LogP) is 2.10. The molecule has 0 unspecified atom stereocenters. The molecule has 8 N–H and O–H groups in total. The fourth-order valence-electron chi connectivity index (χ4n) is 2.43. The topological polar surface area (TPSA) is 180 Å². The molecule has 0 aliphatic heterocycles. The normalized spacial score (nSPS) is 10.5. The van der Waals surface area contributed by atoms with Crippen LogP contribution in [0.3, 0.4) is 0 Å². The number of aromatic nitrogens is 4. The highest BCUT2D eigenvalue weighted by Gasteiger charge is 2.06. The van der Waals surface area contributed by atoms with Gasteiger partial charge in [0.05, 0.1) is 11.4 Å². The zero-order valence-electron chi connectivity index (χ0n) is 17.7. The molecule has 0 radical (unpaired) electrons. The molecule has 14 heteroatoms. The number of hydrogen-bond donors (Lipinski definition) is 5. The molecule has 0 aliphatic rings. The molecule has 4 heterocycles. The Labute approximate surface area is 198 Å². The molecule has 0 saturated heterocycles. The Kier molecular flexibility index (Phi) is 9.20. The van der Waals surface area contributed by atoms with Gasteiger partial charge in [0.25, 0.3) is 0 Å². The van der Waals surface area contributed by atoms with Crippen LogP contribution >= 0.6 is 22.7 Å². The lowest BCUT2D eigenvalue weighted by atomic mass is 9.92. The van der Waals surface area contributed by atoms with Crippen molar-refractivity contribution in [2.24, 2.45) is 5.90 Å². The zero-order valence-corrected chi connectivity index (χ0v) is 19.3. The predicted molar refractivity (Wildman–Crippen MR) is 130 cm³/mol. The Morgan fingerprint density at radius 2 is 1.42 bits per heavy atom. The molecule has 11 nitrogen and oxygen atoms in total. The minimum Gasteiger partial charge on any atom is -0.436 e. The second-order valence-corrected chi connectivity index (χ2v) is 8.34. The number of anilines is 2. The van der Waals surface area contributed by atoms with Crippen LogP contribution in [-0.2, 0) is 22.9 Å². The first-order chi connectivity index (χ1) is 15.9. The van der Waals surface area contributed by atoms with Gasteiger partial charge in [-0.2, -0.15) is 0 Å². The van der Waals surface area contributed by atoms with Gasteiger partial charge >= 0.3 is 7.05 Å². The Morgan fingerprint density at radius 3 is 1.79 bits per heavy atom. The molecule has 0 fully saturated rings. The summed E-state index contributed by atoms with van der Waals surface area (Å²) in [5.41, 5.74) is 14.5. The van der Waals surface area contributed by atoms with E-state index in [0.717, 1.165) is 32.5 Å². The van der Waals surface area contributed by atoms with Gasteiger partial charge in [0, 0.05) is 34.3 Å². The maximum Gasteiger partial charge on any atom is 0.398 e. The Balaban J connectivity index is 0.000000189. The van der Waals surface area contributed by atoms with Gasteiger partial charge in [-0.1, -0.05) is 0 Å². The van der Waals surface area contributed by atoms with Crippen molar-refractivity contribution < 1.29 is 14.7 Å². The standard InChI is InChI=1S/C10H13BN4O2S.C9H10N4OS/c1-11(16)15-17-5-8-3-2-7(4-13-8)10-14-9(12)6-18-10;10-8-5-15-9(13-8)6-1-2-7(4-14-11)12-3-6/h2-4,6,15-16H,5,12H2,1H3;1-3,5H,4,10-11H2. The van der Waals surface area contributed by atoms with E-state index in [9.17, 15) is 0 Å². The molecule has 0 saturated carbocycles. The van der Waals surface area contributed by atoms with Gasteiger partial charge in [-0.05, 0) is 31.1 Å². The average molecular weight is 486 g/mol. The zero-order chi connectivity index (χ0) is 23.6. The van der Waals surface area contributed by atoms with Gasteiger partial charge in [0.2, 0.25) is 0 Å². The maximum atomic E-state index is 8.95. The third-order valence-corrected chi connectivity index (χ3v) is 5.71. The largest absolute Gasteiger partial charge is 0.436 e. The summed E-state index contributed by atoms with van der Waals surface area (Å²) in [6.07, 6.45) is 3.45. The SMILES string of the molecule is CB(O)NOCc1ccc(-c2nc(N)cs2)cn1.NOCc1ccc(-c2nc(N)cs2)cn1. The third-order valence-electron chi connectivity index (χ3n) is 3.89. The number of nitrogens with zero attached hydrogens (tertiary/aromatic N) is 4. The monoisotopic (exact) mass is 486 g/mol. The van der Waals surface area contributed by atoms with Crippen LogP contribution in [0.15, 0.2) is 47.4 Å². The average Bonchev–Trinajstić information content (AvgIpc) is 3.44. The molecule has 172 valence electrons. The molecule has 0 amide bonds. The van der Waals surface area contributed by atoms with Crippen molar-refractivity contribution in [3.63, 3.8) is 0 Å². The van der Waals surface area contributed by atoms with Crippen LogP contribution in [0.4, 0.5) is 11.6 Å². The lowest BCUT2D eigenvalue weighted by Gasteiger charge is -2.05. The van der Waals surface area contributed by atoms with E-state index in [4.69, 9.17) is 27.2 Å². The smallest absolute Gasteiger partial charge is 0.398 e. The highest BCUT2D eigenvalue weighted by molar-refractivity contribution is 7.13. The van der Waals surface area contributed by atoms with Crippen LogP contribution in [0.25, 0.3) is 21.1 Å². The van der Waals surface area contributed by atoms with Crippen LogP contribution < -0.4 is 22.8 Å². The van der Waals surface area contributed by atoms with Crippen LogP contribution in [0.1, 0.15) is 11.4 Å². The van der Waals surface area contributed by atoms with E-state index in [-0.39, 0.29) is 6.61 Å². The first-order valence-corrected chi connectivity index (χ1v) is 11.4. The Bertz CT molecular complexity index is 1120. The number of nitrogens with one attached hydrogen (secondary N) is 1.